The first-order chi connectivity index (χ1) is 9.58. The highest BCUT2D eigenvalue weighted by atomic mass is 16.6. The van der Waals surface area contributed by atoms with Crippen molar-refractivity contribution in [3.63, 3.8) is 0 Å². The molecule has 1 aromatic heterocycles. The molecule has 2 rings (SSSR count). The van der Waals surface area contributed by atoms with Crippen molar-refractivity contribution in [1.29, 1.82) is 0 Å². The molecular formula is C12H9N4O4-. The fourth-order valence-corrected chi connectivity index (χ4v) is 1.45. The van der Waals surface area contributed by atoms with Crippen LogP contribution >= 0.6 is 0 Å². The summed E-state index contributed by atoms with van der Waals surface area (Å²) in [7, 11) is 0. The molecule has 0 atom stereocenters. The summed E-state index contributed by atoms with van der Waals surface area (Å²) in [4.78, 5) is 24.0. The first kappa shape index (κ1) is 13.3. The van der Waals surface area contributed by atoms with Crippen molar-refractivity contribution in [1.82, 2.24) is 10.4 Å². The Morgan fingerprint density at radius 2 is 2.20 bits per heavy atom. The predicted molar refractivity (Wildman–Crippen MR) is 68.4 cm³/mol. The molecule has 8 nitrogen and oxygen atoms in total. The van der Waals surface area contributed by atoms with Crippen molar-refractivity contribution in [2.24, 2.45) is 5.10 Å². The van der Waals surface area contributed by atoms with Crippen molar-refractivity contribution >= 4 is 17.8 Å². The molecule has 1 heterocycles. The Morgan fingerprint density at radius 3 is 2.85 bits per heavy atom. The maximum atomic E-state index is 11.5. The van der Waals surface area contributed by atoms with E-state index in [-0.39, 0.29) is 0 Å². The number of nitrogens with one attached hydrogen (secondary N) is 2. The lowest BCUT2D eigenvalue weighted by molar-refractivity contribution is -0.398. The summed E-state index contributed by atoms with van der Waals surface area (Å²) in [5.74, 6) is -1.12. The molecule has 0 bridgehead atoms. The summed E-state index contributed by atoms with van der Waals surface area (Å²) >= 11 is 0. The van der Waals surface area contributed by atoms with E-state index in [4.69, 9.17) is 0 Å². The van der Waals surface area contributed by atoms with Crippen LogP contribution in [0.2, 0.25) is 0 Å². The lowest BCUT2D eigenvalue weighted by atomic mass is 10.2. The topological polar surface area (TPSA) is 123 Å². The molecule has 1 amide bonds. The largest absolute Gasteiger partial charge is 0.868 e. The number of aromatic amines is 1. The molecule has 0 spiro atoms. The number of carbonyl (C=O) groups excluding carboxylic acids is 1. The number of hydrazone groups is 1. The summed E-state index contributed by atoms with van der Waals surface area (Å²) in [6, 6.07) is 6.77. The van der Waals surface area contributed by atoms with Crippen molar-refractivity contribution in [3.8, 4) is 5.75 Å². The molecular weight excluding hydrogens is 264 g/mol. The van der Waals surface area contributed by atoms with Crippen LogP contribution in [0, 0.1) is 10.1 Å². The molecule has 2 N–H and O–H groups in total. The molecule has 0 radical (unpaired) electrons. The molecule has 0 aliphatic carbocycles. The molecule has 0 aliphatic heterocycles. The Balaban J connectivity index is 2.07. The number of nitro benzene ring substituents is 1. The van der Waals surface area contributed by atoms with Crippen molar-refractivity contribution in [2.75, 3.05) is 0 Å². The van der Waals surface area contributed by atoms with Crippen molar-refractivity contribution < 1.29 is 14.8 Å². The highest BCUT2D eigenvalue weighted by molar-refractivity contribution is 5.93. The van der Waals surface area contributed by atoms with Crippen LogP contribution in [0.3, 0.4) is 0 Å². The molecule has 0 saturated carbocycles. The number of carbonyl (C=O) groups is 1. The highest BCUT2D eigenvalue weighted by Crippen LogP contribution is 2.22. The van der Waals surface area contributed by atoms with Gasteiger partial charge in [-0.1, -0.05) is 12.1 Å². The van der Waals surface area contributed by atoms with E-state index >= 15 is 0 Å². The van der Waals surface area contributed by atoms with Gasteiger partial charge in [0.15, 0.2) is 0 Å². The Bertz CT molecular complexity index is 664. The van der Waals surface area contributed by atoms with Gasteiger partial charge < -0.3 is 10.1 Å². The minimum Gasteiger partial charge on any atom is -0.868 e. The Labute approximate surface area is 112 Å². The van der Waals surface area contributed by atoms with Crippen LogP contribution in [0.15, 0.2) is 41.6 Å². The van der Waals surface area contributed by atoms with E-state index in [1.165, 1.54) is 12.3 Å². The molecule has 20 heavy (non-hydrogen) atoms. The van der Waals surface area contributed by atoms with Gasteiger partial charge in [0.25, 0.3) is 11.6 Å². The van der Waals surface area contributed by atoms with E-state index in [2.05, 4.69) is 15.5 Å². The van der Waals surface area contributed by atoms with Gasteiger partial charge in [-0.05, 0) is 17.9 Å². The average molecular weight is 273 g/mol. The fraction of sp³-hybridized carbons (Fsp3) is 0. The molecule has 8 heteroatoms. The van der Waals surface area contributed by atoms with E-state index in [1.807, 2.05) is 0 Å². The molecule has 102 valence electrons. The zero-order valence-corrected chi connectivity index (χ0v) is 10.1. The van der Waals surface area contributed by atoms with Gasteiger partial charge >= 0.3 is 0 Å². The van der Waals surface area contributed by atoms with Crippen LogP contribution < -0.4 is 10.5 Å². The Kier molecular flexibility index (Phi) is 3.75. The lowest BCUT2D eigenvalue weighted by Gasteiger charge is -2.05. The van der Waals surface area contributed by atoms with Crippen LogP contribution in [-0.2, 0) is 0 Å². The maximum absolute atomic E-state index is 11.5. The van der Waals surface area contributed by atoms with Gasteiger partial charge in [-0.15, -0.1) is 0 Å². The second-order valence-corrected chi connectivity index (χ2v) is 3.77. The number of benzene rings is 1. The molecule has 0 unspecified atom stereocenters. The van der Waals surface area contributed by atoms with Crippen LogP contribution in [0.25, 0.3) is 0 Å². The van der Waals surface area contributed by atoms with Crippen molar-refractivity contribution in [3.05, 3.63) is 57.9 Å². The third kappa shape index (κ3) is 2.99. The number of hydrogen-bond donors (Lipinski definition) is 2. The summed E-state index contributed by atoms with van der Waals surface area (Å²) in [5.41, 5.74) is 2.38. The molecule has 0 fully saturated rings. The van der Waals surface area contributed by atoms with E-state index in [1.54, 1.807) is 18.3 Å². The first-order valence-electron chi connectivity index (χ1n) is 5.50. The summed E-state index contributed by atoms with van der Waals surface area (Å²) < 4.78 is 0. The van der Waals surface area contributed by atoms with E-state index in [0.29, 0.717) is 11.3 Å². The predicted octanol–water partition coefficient (Wildman–Crippen LogP) is 0.760. The zero-order chi connectivity index (χ0) is 14.5. The number of nitrogens with zero attached hydrogens (tertiary/aromatic N) is 2. The summed E-state index contributed by atoms with van der Waals surface area (Å²) in [5, 5.41) is 25.4. The second kappa shape index (κ2) is 5.65. The third-order valence-corrected chi connectivity index (χ3v) is 2.40. The number of rotatable bonds is 4. The number of aromatic nitrogens is 1. The van der Waals surface area contributed by atoms with E-state index in [0.717, 1.165) is 12.1 Å². The van der Waals surface area contributed by atoms with Gasteiger partial charge in [-0.2, -0.15) is 5.10 Å². The summed E-state index contributed by atoms with van der Waals surface area (Å²) in [6.07, 6.45) is 2.81. The molecule has 0 aliphatic rings. The quantitative estimate of drug-likeness (QED) is 0.484. The molecule has 1 aromatic carbocycles. The van der Waals surface area contributed by atoms with Gasteiger partial charge in [-0.3, -0.25) is 14.9 Å². The molecule has 0 saturated heterocycles. The minimum absolute atomic E-state index is 0.336. The van der Waals surface area contributed by atoms with Gasteiger partial charge in [0.2, 0.25) is 0 Å². The van der Waals surface area contributed by atoms with Crippen LogP contribution in [0.5, 0.6) is 5.75 Å². The number of hydrogen-bond acceptors (Lipinski definition) is 5. The number of nitro groups is 1. The lowest BCUT2D eigenvalue weighted by Crippen LogP contribution is -2.17. The summed E-state index contributed by atoms with van der Waals surface area (Å²) in [6.45, 7) is 0. The zero-order valence-electron chi connectivity index (χ0n) is 10.1. The normalized spacial score (nSPS) is 10.6. The van der Waals surface area contributed by atoms with E-state index in [9.17, 15) is 20.0 Å². The van der Waals surface area contributed by atoms with Crippen molar-refractivity contribution in [2.45, 2.75) is 0 Å². The van der Waals surface area contributed by atoms with E-state index < -0.39 is 22.3 Å². The Hall–Kier alpha value is -3.16. The van der Waals surface area contributed by atoms with Crippen LogP contribution in [0.1, 0.15) is 16.1 Å². The number of amides is 1. The van der Waals surface area contributed by atoms with Gasteiger partial charge in [0.05, 0.1) is 11.1 Å². The molecule has 2 aromatic rings. The van der Waals surface area contributed by atoms with Gasteiger partial charge in [0, 0.05) is 17.8 Å². The smallest absolute Gasteiger partial charge is 0.287 e. The average Bonchev–Trinajstić information content (AvgIpc) is 2.94. The number of H-pyrrole nitrogens is 1. The second-order valence-electron chi connectivity index (χ2n) is 3.77. The third-order valence-electron chi connectivity index (χ3n) is 2.40. The van der Waals surface area contributed by atoms with Crippen LogP contribution in [0.4, 0.5) is 5.69 Å². The van der Waals surface area contributed by atoms with Gasteiger partial charge in [0.1, 0.15) is 5.69 Å². The standard InChI is InChI=1S/C12H10N4O4/c17-11-4-3-8(6-10(11)16(19)20)7-14-15-12(18)9-2-1-5-13-9/h1-7,13,17H,(H,15,18)/p-1/b14-7-. The fourth-order valence-electron chi connectivity index (χ4n) is 1.45. The SMILES string of the molecule is O=C(N/N=C\c1ccc([O-])c([N+](=O)[O-])c1)c1ccc[nH]1. The minimum atomic E-state index is -0.767. The Morgan fingerprint density at radius 1 is 1.40 bits per heavy atom. The van der Waals surface area contributed by atoms with Gasteiger partial charge in [-0.25, -0.2) is 5.43 Å². The monoisotopic (exact) mass is 273 g/mol. The maximum Gasteiger partial charge on any atom is 0.287 e. The highest BCUT2D eigenvalue weighted by Gasteiger charge is 2.07. The van der Waals surface area contributed by atoms with Crippen LogP contribution in [-0.4, -0.2) is 22.0 Å². The first-order valence-corrected chi connectivity index (χ1v) is 5.50.